The first-order valence-corrected chi connectivity index (χ1v) is 10.5. The second-order valence-corrected chi connectivity index (χ2v) is 8.80. The van der Waals surface area contributed by atoms with Crippen LogP contribution in [0.3, 0.4) is 0 Å². The minimum absolute atomic E-state index is 0.360. The van der Waals surface area contributed by atoms with Gasteiger partial charge in [0, 0.05) is 6.26 Å². The number of ether oxygens (including phenoxy) is 1. The third-order valence-corrected chi connectivity index (χ3v) is 6.02. The Labute approximate surface area is 154 Å². The van der Waals surface area contributed by atoms with Gasteiger partial charge in [0.1, 0.15) is 5.75 Å². The fourth-order valence-electron chi connectivity index (χ4n) is 3.32. The standard InChI is InChI=1S/C20H21ClO3S/c1-24-20-11-6-14(13-19(20)21)12-16-4-3-5-18(16)15-7-9-17(10-8-15)25(2,22)23/h6-11,13H,3-5,12H2,1-2H3. The molecule has 2 aromatic carbocycles. The van der Waals surface area contributed by atoms with Gasteiger partial charge in [0.2, 0.25) is 0 Å². The molecule has 0 saturated carbocycles. The second kappa shape index (κ2) is 7.22. The summed E-state index contributed by atoms with van der Waals surface area (Å²) < 4.78 is 28.4. The van der Waals surface area contributed by atoms with Gasteiger partial charge in [0.15, 0.2) is 9.84 Å². The Balaban J connectivity index is 1.88. The summed E-state index contributed by atoms with van der Waals surface area (Å²) in [5, 5.41) is 0.623. The van der Waals surface area contributed by atoms with Gasteiger partial charge in [-0.2, -0.15) is 0 Å². The highest BCUT2D eigenvalue weighted by molar-refractivity contribution is 7.90. The number of allylic oxidation sites excluding steroid dienone is 2. The molecule has 0 aromatic heterocycles. The van der Waals surface area contributed by atoms with E-state index in [1.54, 1.807) is 19.2 Å². The number of methoxy groups -OCH3 is 1. The second-order valence-electron chi connectivity index (χ2n) is 6.38. The molecule has 0 amide bonds. The summed E-state index contributed by atoms with van der Waals surface area (Å²) in [5.41, 5.74) is 4.99. The predicted molar refractivity (Wildman–Crippen MR) is 102 cm³/mol. The van der Waals surface area contributed by atoms with E-state index < -0.39 is 9.84 Å². The van der Waals surface area contributed by atoms with Crippen molar-refractivity contribution < 1.29 is 13.2 Å². The number of hydrogen-bond acceptors (Lipinski definition) is 3. The molecule has 2 aromatic rings. The number of rotatable bonds is 5. The molecule has 0 aliphatic heterocycles. The van der Waals surface area contributed by atoms with Gasteiger partial charge in [-0.05, 0) is 66.6 Å². The largest absolute Gasteiger partial charge is 0.495 e. The topological polar surface area (TPSA) is 43.4 Å². The van der Waals surface area contributed by atoms with Crippen molar-refractivity contribution >= 4 is 27.0 Å². The molecular weight excluding hydrogens is 356 g/mol. The molecular formula is C20H21ClO3S. The zero-order valence-electron chi connectivity index (χ0n) is 14.4. The van der Waals surface area contributed by atoms with Gasteiger partial charge >= 0.3 is 0 Å². The lowest BCUT2D eigenvalue weighted by molar-refractivity contribution is 0.415. The SMILES string of the molecule is COc1ccc(CC2=C(c3ccc(S(C)(=O)=O)cc3)CCC2)cc1Cl. The smallest absolute Gasteiger partial charge is 0.175 e. The number of halogens is 1. The predicted octanol–water partition coefficient (Wildman–Crippen LogP) is 4.93. The number of benzene rings is 2. The van der Waals surface area contributed by atoms with Gasteiger partial charge in [-0.25, -0.2) is 8.42 Å². The third-order valence-electron chi connectivity index (χ3n) is 4.60. The van der Waals surface area contributed by atoms with E-state index in [2.05, 4.69) is 0 Å². The summed E-state index contributed by atoms with van der Waals surface area (Å²) in [4.78, 5) is 0.360. The van der Waals surface area contributed by atoms with Crippen LogP contribution in [0.5, 0.6) is 5.75 Å². The van der Waals surface area contributed by atoms with Crippen LogP contribution in [0, 0.1) is 0 Å². The summed E-state index contributed by atoms with van der Waals surface area (Å²) in [6.07, 6.45) is 5.30. The average Bonchev–Trinajstić information content (AvgIpc) is 3.02. The molecule has 25 heavy (non-hydrogen) atoms. The zero-order chi connectivity index (χ0) is 18.0. The van der Waals surface area contributed by atoms with E-state index in [-0.39, 0.29) is 0 Å². The first kappa shape index (κ1) is 18.0. The van der Waals surface area contributed by atoms with Gasteiger partial charge in [-0.3, -0.25) is 0 Å². The minimum atomic E-state index is -3.16. The van der Waals surface area contributed by atoms with Crippen LogP contribution >= 0.6 is 11.6 Å². The zero-order valence-corrected chi connectivity index (χ0v) is 16.0. The lowest BCUT2D eigenvalue weighted by Crippen LogP contribution is -1.97. The summed E-state index contributed by atoms with van der Waals surface area (Å²) in [6.45, 7) is 0. The lowest BCUT2D eigenvalue weighted by Gasteiger charge is -2.10. The van der Waals surface area contributed by atoms with Gasteiger partial charge < -0.3 is 4.74 Å². The van der Waals surface area contributed by atoms with Crippen molar-refractivity contribution in [1.82, 2.24) is 0 Å². The summed E-state index contributed by atoms with van der Waals surface area (Å²) in [6, 6.07) is 13.1. The molecule has 0 N–H and O–H groups in total. The van der Waals surface area contributed by atoms with Gasteiger partial charge in [0.05, 0.1) is 17.0 Å². The van der Waals surface area contributed by atoms with Crippen molar-refractivity contribution in [3.05, 3.63) is 64.2 Å². The molecule has 3 rings (SSSR count). The van der Waals surface area contributed by atoms with E-state index in [9.17, 15) is 8.42 Å². The molecule has 132 valence electrons. The lowest BCUT2D eigenvalue weighted by atomic mass is 9.97. The van der Waals surface area contributed by atoms with Crippen molar-refractivity contribution in [2.75, 3.05) is 13.4 Å². The highest BCUT2D eigenvalue weighted by Gasteiger charge is 2.17. The van der Waals surface area contributed by atoms with E-state index in [0.29, 0.717) is 15.7 Å². The molecule has 0 radical (unpaired) electrons. The van der Waals surface area contributed by atoms with Crippen molar-refractivity contribution in [2.24, 2.45) is 0 Å². The summed E-state index contributed by atoms with van der Waals surface area (Å²) in [7, 11) is -1.55. The Morgan fingerprint density at radius 1 is 1.08 bits per heavy atom. The van der Waals surface area contributed by atoms with Crippen LogP contribution < -0.4 is 4.74 Å². The quantitative estimate of drug-likeness (QED) is 0.742. The van der Waals surface area contributed by atoms with E-state index >= 15 is 0 Å². The highest BCUT2D eigenvalue weighted by Crippen LogP contribution is 2.37. The highest BCUT2D eigenvalue weighted by atomic mass is 35.5. The monoisotopic (exact) mass is 376 g/mol. The Bertz CT molecular complexity index is 912. The first-order valence-electron chi connectivity index (χ1n) is 8.22. The van der Waals surface area contributed by atoms with Gasteiger partial charge in [-0.1, -0.05) is 35.4 Å². The van der Waals surface area contributed by atoms with Gasteiger partial charge in [0.25, 0.3) is 0 Å². The maximum Gasteiger partial charge on any atom is 0.175 e. The summed E-state index contributed by atoms with van der Waals surface area (Å²) >= 11 is 6.23. The minimum Gasteiger partial charge on any atom is -0.495 e. The Hall–Kier alpha value is -1.78. The van der Waals surface area contributed by atoms with E-state index in [1.807, 2.05) is 30.3 Å². The maximum absolute atomic E-state index is 11.6. The molecule has 0 bridgehead atoms. The van der Waals surface area contributed by atoms with Crippen LogP contribution in [0.25, 0.3) is 5.57 Å². The van der Waals surface area contributed by atoms with Gasteiger partial charge in [-0.15, -0.1) is 0 Å². The molecule has 0 heterocycles. The molecule has 0 atom stereocenters. The Morgan fingerprint density at radius 3 is 2.40 bits per heavy atom. The Morgan fingerprint density at radius 2 is 1.80 bits per heavy atom. The molecule has 0 saturated heterocycles. The third kappa shape index (κ3) is 4.07. The molecule has 1 aliphatic rings. The molecule has 3 nitrogen and oxygen atoms in total. The van der Waals surface area contributed by atoms with Crippen molar-refractivity contribution in [2.45, 2.75) is 30.6 Å². The van der Waals surface area contributed by atoms with Crippen LogP contribution in [0.4, 0.5) is 0 Å². The van der Waals surface area contributed by atoms with E-state index in [0.717, 1.165) is 36.8 Å². The normalized spacial score (nSPS) is 14.8. The fraction of sp³-hybridized carbons (Fsp3) is 0.300. The maximum atomic E-state index is 11.6. The van der Waals surface area contributed by atoms with Crippen molar-refractivity contribution in [1.29, 1.82) is 0 Å². The molecule has 0 fully saturated rings. The number of sulfone groups is 1. The molecule has 0 unspecified atom stereocenters. The Kier molecular flexibility index (Phi) is 5.21. The van der Waals surface area contributed by atoms with Crippen LogP contribution in [0.2, 0.25) is 5.02 Å². The average molecular weight is 377 g/mol. The van der Waals surface area contributed by atoms with Crippen LogP contribution in [0.1, 0.15) is 30.4 Å². The molecule has 5 heteroatoms. The summed E-state index contributed by atoms with van der Waals surface area (Å²) in [5.74, 6) is 0.683. The van der Waals surface area contributed by atoms with Crippen LogP contribution in [-0.4, -0.2) is 21.8 Å². The van der Waals surface area contributed by atoms with E-state index in [1.165, 1.54) is 17.4 Å². The van der Waals surface area contributed by atoms with Crippen molar-refractivity contribution in [3.63, 3.8) is 0 Å². The number of hydrogen-bond donors (Lipinski definition) is 0. The van der Waals surface area contributed by atoms with Crippen LogP contribution in [-0.2, 0) is 16.3 Å². The van der Waals surface area contributed by atoms with Crippen LogP contribution in [0.15, 0.2) is 52.9 Å². The fourth-order valence-corrected chi connectivity index (χ4v) is 4.23. The molecule has 0 spiro atoms. The van der Waals surface area contributed by atoms with E-state index in [4.69, 9.17) is 16.3 Å². The first-order chi connectivity index (χ1) is 11.9. The molecule has 1 aliphatic carbocycles. The van der Waals surface area contributed by atoms with Crippen molar-refractivity contribution in [3.8, 4) is 5.75 Å².